The number of aromatic amines is 1. The van der Waals surface area contributed by atoms with Crippen molar-refractivity contribution >= 4 is 40.3 Å². The number of ether oxygens (including phenoxy) is 1. The average molecular weight is 931 g/mol. The lowest BCUT2D eigenvalue weighted by molar-refractivity contribution is -0.134. The van der Waals surface area contributed by atoms with E-state index in [4.69, 9.17) is 4.74 Å². The van der Waals surface area contributed by atoms with Gasteiger partial charge in [-0.2, -0.15) is 5.10 Å². The third-order valence-corrected chi connectivity index (χ3v) is 13.2. The second-order valence-electron chi connectivity index (χ2n) is 19.1. The van der Waals surface area contributed by atoms with Crippen molar-refractivity contribution in [2.45, 2.75) is 59.0 Å². The van der Waals surface area contributed by atoms with Crippen LogP contribution in [0.4, 0.5) is 19.3 Å². The number of halogens is 2. The van der Waals surface area contributed by atoms with Crippen LogP contribution in [0.15, 0.2) is 83.7 Å². The van der Waals surface area contributed by atoms with Gasteiger partial charge in [-0.15, -0.1) is 0 Å². The molecule has 4 amide bonds. The van der Waals surface area contributed by atoms with Gasteiger partial charge in [0, 0.05) is 83.8 Å². The number of nitrogens with one attached hydrogen (secondary N) is 2. The molecular formula is C52H60F2N8O6. The highest BCUT2D eigenvalue weighted by atomic mass is 19.1. The van der Waals surface area contributed by atoms with Gasteiger partial charge in [-0.3, -0.25) is 29.4 Å². The quantitative estimate of drug-likeness (QED) is 0.145. The predicted molar refractivity (Wildman–Crippen MR) is 257 cm³/mol. The highest BCUT2D eigenvalue weighted by Gasteiger charge is 2.32. The third-order valence-electron chi connectivity index (χ3n) is 13.2. The van der Waals surface area contributed by atoms with Crippen molar-refractivity contribution in [3.8, 4) is 11.1 Å². The lowest BCUT2D eigenvalue weighted by Crippen LogP contribution is -2.55. The SMILES string of the molecule is CCc1cccc(-c2cc(F)c(C(=O)N3CCC(CN4CCN(CC(=O)N5CCN(C(=O)c6cc(Cc7n[nH]c(=O)c8ccccc78)ccc6F)CC5)CC4)CC3)c(NC(=O)OC(C)(C)C)c2)c1. The predicted octanol–water partition coefficient (Wildman–Crippen LogP) is 6.82. The Morgan fingerprint density at radius 1 is 0.721 bits per heavy atom. The molecule has 0 atom stereocenters. The maximum absolute atomic E-state index is 16.1. The minimum absolute atomic E-state index is 0.00220. The van der Waals surface area contributed by atoms with E-state index in [1.54, 1.807) is 65.8 Å². The van der Waals surface area contributed by atoms with Gasteiger partial charge in [0.25, 0.3) is 17.4 Å². The van der Waals surface area contributed by atoms with E-state index >= 15 is 8.78 Å². The Hall–Kier alpha value is -6.52. The molecule has 68 heavy (non-hydrogen) atoms. The number of hydrogen-bond donors (Lipinski definition) is 2. The van der Waals surface area contributed by atoms with E-state index in [2.05, 4.69) is 25.3 Å². The molecule has 8 rings (SSSR count). The van der Waals surface area contributed by atoms with Gasteiger partial charge in [-0.25, -0.2) is 18.7 Å². The summed E-state index contributed by atoms with van der Waals surface area (Å²) in [5.41, 5.74) is 2.46. The highest BCUT2D eigenvalue weighted by Crippen LogP contribution is 2.32. The molecule has 358 valence electrons. The molecule has 4 aromatic carbocycles. The summed E-state index contributed by atoms with van der Waals surface area (Å²) >= 11 is 0. The number of fused-ring (bicyclic) bond motifs is 1. The smallest absolute Gasteiger partial charge is 0.412 e. The lowest BCUT2D eigenvalue weighted by atomic mass is 9.94. The molecule has 3 fully saturated rings. The number of carbonyl (C=O) groups is 4. The van der Waals surface area contributed by atoms with E-state index in [0.717, 1.165) is 63.1 Å². The molecule has 0 aliphatic carbocycles. The second-order valence-corrected chi connectivity index (χ2v) is 19.1. The molecule has 0 spiro atoms. The summed E-state index contributed by atoms with van der Waals surface area (Å²) in [5.74, 6) is -1.90. The van der Waals surface area contributed by atoms with Crippen molar-refractivity contribution in [1.29, 1.82) is 0 Å². The molecule has 14 nitrogen and oxygen atoms in total. The van der Waals surface area contributed by atoms with Crippen molar-refractivity contribution in [2.75, 3.05) is 83.9 Å². The number of amides is 4. The topological polar surface area (TPSA) is 151 Å². The number of aromatic nitrogens is 2. The highest BCUT2D eigenvalue weighted by molar-refractivity contribution is 6.04. The molecule has 2 N–H and O–H groups in total. The van der Waals surface area contributed by atoms with Crippen molar-refractivity contribution in [1.82, 2.24) is 34.7 Å². The van der Waals surface area contributed by atoms with E-state index in [-0.39, 0.29) is 47.9 Å². The van der Waals surface area contributed by atoms with Crippen molar-refractivity contribution in [3.05, 3.63) is 129 Å². The number of aryl methyl sites for hydroxylation is 1. The molecule has 3 saturated heterocycles. The van der Waals surface area contributed by atoms with Crippen LogP contribution in [0.25, 0.3) is 21.9 Å². The fourth-order valence-corrected chi connectivity index (χ4v) is 9.41. The zero-order chi connectivity index (χ0) is 48.1. The van der Waals surface area contributed by atoms with Crippen LogP contribution in [0, 0.1) is 17.6 Å². The summed E-state index contributed by atoms with van der Waals surface area (Å²) in [6.07, 6.45) is 1.83. The Kier molecular flexibility index (Phi) is 14.7. The van der Waals surface area contributed by atoms with Gasteiger partial charge >= 0.3 is 6.09 Å². The molecule has 16 heteroatoms. The molecular weight excluding hydrogens is 871 g/mol. The fraction of sp³-hybridized carbons (Fsp3) is 0.423. The van der Waals surface area contributed by atoms with E-state index < -0.39 is 35.1 Å². The minimum Gasteiger partial charge on any atom is -0.444 e. The average Bonchev–Trinajstić information content (AvgIpc) is 3.33. The Balaban J connectivity index is 0.792. The van der Waals surface area contributed by atoms with E-state index in [0.29, 0.717) is 66.1 Å². The Labute approximate surface area is 395 Å². The molecule has 3 aliphatic heterocycles. The Bertz CT molecular complexity index is 2730. The van der Waals surface area contributed by atoms with Gasteiger partial charge in [0.05, 0.1) is 34.4 Å². The van der Waals surface area contributed by atoms with Crippen LogP contribution >= 0.6 is 0 Å². The number of hydrogen-bond acceptors (Lipinski definition) is 9. The van der Waals surface area contributed by atoms with Gasteiger partial charge in [0.15, 0.2) is 0 Å². The van der Waals surface area contributed by atoms with E-state index in [1.165, 1.54) is 12.1 Å². The number of piperazine rings is 2. The Morgan fingerprint density at radius 2 is 1.40 bits per heavy atom. The number of rotatable bonds is 11. The normalized spacial score (nSPS) is 16.5. The zero-order valence-corrected chi connectivity index (χ0v) is 39.3. The number of carbonyl (C=O) groups excluding carboxylic acids is 4. The molecule has 0 bridgehead atoms. The molecule has 5 aromatic rings. The monoisotopic (exact) mass is 930 g/mol. The van der Waals surface area contributed by atoms with Crippen molar-refractivity contribution in [2.24, 2.45) is 5.92 Å². The maximum atomic E-state index is 16.1. The maximum Gasteiger partial charge on any atom is 0.412 e. The summed E-state index contributed by atoms with van der Waals surface area (Å²) in [7, 11) is 0. The zero-order valence-electron chi connectivity index (χ0n) is 39.3. The molecule has 1 aromatic heterocycles. The van der Waals surface area contributed by atoms with Gasteiger partial charge in [-0.05, 0) is 98.5 Å². The van der Waals surface area contributed by atoms with Gasteiger partial charge in [0.1, 0.15) is 17.2 Å². The summed E-state index contributed by atoms with van der Waals surface area (Å²) < 4.78 is 36.7. The summed E-state index contributed by atoms with van der Waals surface area (Å²) in [4.78, 5) is 75.8. The molecule has 3 aliphatic rings. The number of likely N-dealkylation sites (tertiary alicyclic amines) is 1. The van der Waals surface area contributed by atoms with Crippen LogP contribution in [0.5, 0.6) is 0 Å². The molecule has 4 heterocycles. The van der Waals surface area contributed by atoms with Crippen LogP contribution < -0.4 is 10.9 Å². The molecule has 0 radical (unpaired) electrons. The van der Waals surface area contributed by atoms with Gasteiger partial charge in [0.2, 0.25) is 5.91 Å². The van der Waals surface area contributed by atoms with Crippen LogP contribution in [0.1, 0.15) is 78.1 Å². The fourth-order valence-electron chi connectivity index (χ4n) is 9.41. The van der Waals surface area contributed by atoms with Crippen LogP contribution in [0.2, 0.25) is 0 Å². The standard InChI is InChI=1S/C52H60F2N8O6/c1-5-34-9-8-10-37(27-34)38-30-43(54)47(45(31-38)55-51(67)68-52(2,3)4)50(66)61-17-15-35(16-18-61)32-58-19-21-59(22-20-58)33-46(63)60-23-25-62(26-24-60)49(65)41-28-36(13-14-42(41)53)29-44-39-11-6-7-12-40(39)48(64)57-56-44/h6-14,27-28,30-31,35H,5,15-26,29,32-33H2,1-4H3,(H,55,67)(H,57,64). The summed E-state index contributed by atoms with van der Waals surface area (Å²) in [6, 6.07) is 22.3. The second kappa shape index (κ2) is 20.8. The number of benzene rings is 4. The van der Waals surface area contributed by atoms with Crippen LogP contribution in [-0.4, -0.2) is 143 Å². The third kappa shape index (κ3) is 11.4. The van der Waals surface area contributed by atoms with E-state index in [9.17, 15) is 24.0 Å². The summed E-state index contributed by atoms with van der Waals surface area (Å²) in [6.45, 7) is 13.6. The number of nitrogens with zero attached hydrogens (tertiary/aromatic N) is 6. The first-order chi connectivity index (χ1) is 32.6. The Morgan fingerprint density at radius 3 is 2.10 bits per heavy atom. The molecule has 0 saturated carbocycles. The number of anilines is 1. The largest absolute Gasteiger partial charge is 0.444 e. The van der Waals surface area contributed by atoms with Crippen LogP contribution in [0.3, 0.4) is 0 Å². The number of H-pyrrole nitrogens is 1. The minimum atomic E-state index is -0.793. The lowest BCUT2D eigenvalue weighted by Gasteiger charge is -2.40. The first-order valence-electron chi connectivity index (χ1n) is 23.6. The van der Waals surface area contributed by atoms with Crippen molar-refractivity contribution in [3.63, 3.8) is 0 Å². The number of piperidine rings is 1. The first kappa shape index (κ1) is 48.0. The summed E-state index contributed by atoms with van der Waals surface area (Å²) in [5, 5.41) is 10.6. The first-order valence-corrected chi connectivity index (χ1v) is 23.6. The van der Waals surface area contributed by atoms with Crippen LogP contribution in [-0.2, 0) is 22.4 Å². The molecule has 0 unspecified atom stereocenters. The van der Waals surface area contributed by atoms with Crippen molar-refractivity contribution < 1.29 is 32.7 Å². The van der Waals surface area contributed by atoms with E-state index in [1.807, 2.05) is 43.3 Å². The van der Waals surface area contributed by atoms with Gasteiger partial charge < -0.3 is 24.3 Å². The van der Waals surface area contributed by atoms with Gasteiger partial charge in [-0.1, -0.05) is 55.5 Å².